The summed E-state index contributed by atoms with van der Waals surface area (Å²) in [6.07, 6.45) is 0.632. The number of aromatic carboxylic acids is 1. The predicted molar refractivity (Wildman–Crippen MR) is 84.1 cm³/mol. The van der Waals surface area contributed by atoms with E-state index in [1.165, 1.54) is 12.1 Å². The minimum atomic E-state index is -0.988. The summed E-state index contributed by atoms with van der Waals surface area (Å²) in [5, 5.41) is 14.1. The highest BCUT2D eigenvalue weighted by Crippen LogP contribution is 2.04. The molecule has 126 valence electrons. The lowest BCUT2D eigenvalue weighted by Gasteiger charge is -2.09. The number of carbonyl (C=O) groups is 3. The van der Waals surface area contributed by atoms with Crippen molar-refractivity contribution in [1.29, 1.82) is 0 Å². The number of urea groups is 1. The van der Waals surface area contributed by atoms with Crippen LogP contribution in [0.15, 0.2) is 24.3 Å². The van der Waals surface area contributed by atoms with Crippen LogP contribution in [0, 0.1) is 0 Å². The van der Waals surface area contributed by atoms with Crippen LogP contribution in [0.1, 0.15) is 42.6 Å². The molecule has 0 aliphatic carbocycles. The Morgan fingerprint density at radius 1 is 1.13 bits per heavy atom. The number of benzene rings is 1. The molecule has 0 heterocycles. The molecular formula is C16H22N2O5. The zero-order chi connectivity index (χ0) is 17.2. The molecule has 7 nitrogen and oxygen atoms in total. The third-order valence-electron chi connectivity index (χ3n) is 2.86. The number of carbonyl (C=O) groups excluding carboxylic acids is 2. The van der Waals surface area contributed by atoms with Crippen molar-refractivity contribution in [2.24, 2.45) is 0 Å². The Balaban J connectivity index is 2.19. The number of amides is 2. The van der Waals surface area contributed by atoms with E-state index in [2.05, 4.69) is 10.6 Å². The molecule has 0 saturated carbocycles. The van der Waals surface area contributed by atoms with Gasteiger partial charge >= 0.3 is 18.0 Å². The van der Waals surface area contributed by atoms with Crippen molar-refractivity contribution in [3.05, 3.63) is 35.4 Å². The summed E-state index contributed by atoms with van der Waals surface area (Å²) in [5.74, 6) is -1.26. The van der Waals surface area contributed by atoms with E-state index in [0.717, 1.165) is 5.56 Å². The lowest BCUT2D eigenvalue weighted by Crippen LogP contribution is -2.35. The smallest absolute Gasteiger partial charge is 0.335 e. The first-order valence-electron chi connectivity index (χ1n) is 7.42. The van der Waals surface area contributed by atoms with Gasteiger partial charge in [0.25, 0.3) is 0 Å². The average molecular weight is 322 g/mol. The molecule has 0 radical (unpaired) electrons. The molecule has 1 rings (SSSR count). The lowest BCUT2D eigenvalue weighted by molar-refractivity contribution is -0.147. The minimum absolute atomic E-state index is 0.133. The molecular weight excluding hydrogens is 300 g/mol. The van der Waals surface area contributed by atoms with Crippen LogP contribution in [0.25, 0.3) is 0 Å². The van der Waals surface area contributed by atoms with Crippen LogP contribution in [-0.2, 0) is 16.1 Å². The SMILES string of the molecule is CC(C)OC(=O)CCCNC(=O)NCc1ccc(C(=O)O)cc1. The van der Waals surface area contributed by atoms with Gasteiger partial charge in [-0.15, -0.1) is 0 Å². The Kier molecular flexibility index (Phi) is 7.59. The van der Waals surface area contributed by atoms with Gasteiger partial charge in [-0.25, -0.2) is 9.59 Å². The van der Waals surface area contributed by atoms with Crippen LogP contribution in [-0.4, -0.2) is 35.7 Å². The number of hydrogen-bond donors (Lipinski definition) is 3. The maximum atomic E-state index is 11.6. The van der Waals surface area contributed by atoms with Crippen molar-refractivity contribution in [2.75, 3.05) is 6.54 Å². The van der Waals surface area contributed by atoms with Gasteiger partial charge in [0.05, 0.1) is 11.7 Å². The third kappa shape index (κ3) is 7.85. The van der Waals surface area contributed by atoms with Gasteiger partial charge < -0.3 is 20.5 Å². The van der Waals surface area contributed by atoms with E-state index < -0.39 is 5.97 Å². The molecule has 0 aromatic heterocycles. The molecule has 0 bridgehead atoms. The van der Waals surface area contributed by atoms with Gasteiger partial charge in [-0.3, -0.25) is 4.79 Å². The van der Waals surface area contributed by atoms with E-state index >= 15 is 0 Å². The van der Waals surface area contributed by atoms with Crippen molar-refractivity contribution >= 4 is 18.0 Å². The molecule has 0 spiro atoms. The summed E-state index contributed by atoms with van der Waals surface area (Å²) < 4.78 is 4.98. The lowest BCUT2D eigenvalue weighted by atomic mass is 10.1. The molecule has 0 saturated heterocycles. The number of hydrogen-bond acceptors (Lipinski definition) is 4. The number of nitrogens with one attached hydrogen (secondary N) is 2. The standard InChI is InChI=1S/C16H22N2O5/c1-11(2)23-14(19)4-3-9-17-16(22)18-10-12-5-7-13(8-6-12)15(20)21/h5-8,11H,3-4,9-10H2,1-2H3,(H,20,21)(H2,17,18,22). The second kappa shape index (κ2) is 9.45. The maximum Gasteiger partial charge on any atom is 0.335 e. The molecule has 0 aliphatic heterocycles. The van der Waals surface area contributed by atoms with E-state index in [1.807, 2.05) is 0 Å². The highest BCUT2D eigenvalue weighted by molar-refractivity contribution is 5.87. The van der Waals surface area contributed by atoms with Gasteiger partial charge in [0.1, 0.15) is 0 Å². The molecule has 0 fully saturated rings. The molecule has 0 atom stereocenters. The van der Waals surface area contributed by atoms with E-state index in [1.54, 1.807) is 26.0 Å². The predicted octanol–water partition coefficient (Wildman–Crippen LogP) is 1.92. The Hall–Kier alpha value is -2.57. The molecule has 3 N–H and O–H groups in total. The molecule has 0 unspecified atom stereocenters. The number of esters is 1. The molecule has 23 heavy (non-hydrogen) atoms. The monoisotopic (exact) mass is 322 g/mol. The first-order valence-corrected chi connectivity index (χ1v) is 7.42. The van der Waals surface area contributed by atoms with Crippen LogP contribution in [0.2, 0.25) is 0 Å². The molecule has 1 aromatic rings. The minimum Gasteiger partial charge on any atom is -0.478 e. The fourth-order valence-electron chi connectivity index (χ4n) is 1.77. The summed E-state index contributed by atoms with van der Waals surface area (Å²) in [6.45, 7) is 4.23. The normalized spacial score (nSPS) is 10.2. The number of rotatable bonds is 8. The molecule has 0 aliphatic rings. The van der Waals surface area contributed by atoms with Crippen LogP contribution in [0.4, 0.5) is 4.79 Å². The summed E-state index contributed by atoms with van der Waals surface area (Å²) in [6, 6.07) is 5.91. The van der Waals surface area contributed by atoms with Gasteiger partial charge in [0.15, 0.2) is 0 Å². The molecule has 1 aromatic carbocycles. The fourth-order valence-corrected chi connectivity index (χ4v) is 1.77. The quantitative estimate of drug-likeness (QED) is 0.501. The summed E-state index contributed by atoms with van der Waals surface area (Å²) in [5.41, 5.74) is 0.997. The van der Waals surface area contributed by atoms with Crippen LogP contribution >= 0.6 is 0 Å². The highest BCUT2D eigenvalue weighted by Gasteiger charge is 2.06. The van der Waals surface area contributed by atoms with Gasteiger partial charge in [-0.1, -0.05) is 12.1 Å². The topological polar surface area (TPSA) is 105 Å². The maximum absolute atomic E-state index is 11.6. The number of ether oxygens (including phenoxy) is 1. The number of carboxylic acids is 1. The summed E-state index contributed by atoms with van der Waals surface area (Å²) >= 11 is 0. The van der Waals surface area contributed by atoms with E-state index in [9.17, 15) is 14.4 Å². The summed E-state index contributed by atoms with van der Waals surface area (Å²) in [7, 11) is 0. The van der Waals surface area contributed by atoms with Gasteiger partial charge in [0, 0.05) is 19.5 Å². The Bertz CT molecular complexity index is 540. The van der Waals surface area contributed by atoms with Crippen LogP contribution in [0.3, 0.4) is 0 Å². The van der Waals surface area contributed by atoms with Crippen molar-refractivity contribution in [3.63, 3.8) is 0 Å². The van der Waals surface area contributed by atoms with E-state index in [0.29, 0.717) is 19.5 Å². The average Bonchev–Trinajstić information content (AvgIpc) is 2.49. The Morgan fingerprint density at radius 2 is 1.78 bits per heavy atom. The van der Waals surface area contributed by atoms with Gasteiger partial charge in [0.2, 0.25) is 0 Å². The molecule has 7 heteroatoms. The summed E-state index contributed by atoms with van der Waals surface area (Å²) in [4.78, 5) is 33.6. The second-order valence-corrected chi connectivity index (χ2v) is 5.25. The van der Waals surface area contributed by atoms with Gasteiger partial charge in [-0.2, -0.15) is 0 Å². The van der Waals surface area contributed by atoms with Crippen molar-refractivity contribution < 1.29 is 24.2 Å². The highest BCUT2D eigenvalue weighted by atomic mass is 16.5. The van der Waals surface area contributed by atoms with Crippen molar-refractivity contribution in [3.8, 4) is 0 Å². The van der Waals surface area contributed by atoms with E-state index in [-0.39, 0.29) is 30.1 Å². The van der Waals surface area contributed by atoms with E-state index in [4.69, 9.17) is 9.84 Å². The number of carboxylic acid groups (broad SMARTS) is 1. The van der Waals surface area contributed by atoms with Gasteiger partial charge in [-0.05, 0) is 38.0 Å². The van der Waals surface area contributed by atoms with Crippen molar-refractivity contribution in [2.45, 2.75) is 39.3 Å². The zero-order valence-electron chi connectivity index (χ0n) is 13.3. The van der Waals surface area contributed by atoms with Crippen LogP contribution in [0.5, 0.6) is 0 Å². The van der Waals surface area contributed by atoms with Crippen molar-refractivity contribution in [1.82, 2.24) is 10.6 Å². The first kappa shape index (κ1) is 18.5. The largest absolute Gasteiger partial charge is 0.478 e. The Morgan fingerprint density at radius 3 is 2.35 bits per heavy atom. The second-order valence-electron chi connectivity index (χ2n) is 5.25. The molecule has 2 amide bonds. The fraction of sp³-hybridized carbons (Fsp3) is 0.438. The van der Waals surface area contributed by atoms with Crippen LogP contribution < -0.4 is 10.6 Å². The third-order valence-corrected chi connectivity index (χ3v) is 2.86. The zero-order valence-corrected chi connectivity index (χ0v) is 13.3. The Labute approximate surface area is 135 Å². The first-order chi connectivity index (χ1) is 10.9.